The average molecular weight is 374 g/mol. The Balaban J connectivity index is 1.60. The summed E-state index contributed by atoms with van der Waals surface area (Å²) in [5, 5.41) is 13.8. The minimum absolute atomic E-state index is 0.122. The van der Waals surface area contributed by atoms with Crippen LogP contribution in [0, 0.1) is 10.1 Å². The highest BCUT2D eigenvalue weighted by Gasteiger charge is 2.14. The number of benzene rings is 1. The lowest BCUT2D eigenvalue weighted by Gasteiger charge is -2.32. The molecule has 3 rings (SSSR count). The van der Waals surface area contributed by atoms with Gasteiger partial charge >= 0.3 is 0 Å². The van der Waals surface area contributed by atoms with Crippen LogP contribution in [0.15, 0.2) is 29.3 Å². The van der Waals surface area contributed by atoms with E-state index in [1.165, 1.54) is 24.5 Å². The van der Waals surface area contributed by atoms with Crippen molar-refractivity contribution in [1.82, 2.24) is 24.7 Å². The highest BCUT2D eigenvalue weighted by atomic mass is 16.6. The number of hydrogen-bond donors (Lipinski definition) is 1. The molecule has 10 nitrogen and oxygen atoms in total. The predicted octanol–water partition coefficient (Wildman–Crippen LogP) is -0.332. The molecule has 0 radical (unpaired) electrons. The van der Waals surface area contributed by atoms with E-state index in [1.807, 2.05) is 0 Å². The normalized spacial score (nSPS) is 15.7. The third-order valence-electron chi connectivity index (χ3n) is 4.68. The molecule has 0 spiro atoms. The van der Waals surface area contributed by atoms with E-state index in [0.29, 0.717) is 12.1 Å². The molecular formula is C17H22N6O4. The summed E-state index contributed by atoms with van der Waals surface area (Å²) in [4.78, 5) is 43.6. The standard InChI is InChI=1S/C17H22N6O4/c1-20-6-8-21(9-7-20)5-4-18-16(24)11-22-12-19-15-3-2-13(23(26)27)10-14(15)17(22)25/h2-3,10,12H,4-9,11H2,1H3,(H,18,24). The maximum atomic E-state index is 12.5. The fraction of sp³-hybridized carbons (Fsp3) is 0.471. The molecule has 2 heterocycles. The van der Waals surface area contributed by atoms with E-state index in [9.17, 15) is 19.7 Å². The van der Waals surface area contributed by atoms with Gasteiger partial charge in [-0.1, -0.05) is 0 Å². The Hall–Kier alpha value is -2.85. The largest absolute Gasteiger partial charge is 0.353 e. The molecule has 1 aliphatic heterocycles. The van der Waals surface area contributed by atoms with E-state index < -0.39 is 10.5 Å². The predicted molar refractivity (Wildman–Crippen MR) is 99.6 cm³/mol. The quantitative estimate of drug-likeness (QED) is 0.544. The first kappa shape index (κ1) is 18.9. The molecule has 0 bridgehead atoms. The molecule has 0 atom stereocenters. The van der Waals surface area contributed by atoms with E-state index in [0.717, 1.165) is 37.3 Å². The van der Waals surface area contributed by atoms with Crippen molar-refractivity contribution >= 4 is 22.5 Å². The molecule has 0 unspecified atom stereocenters. The number of nitro groups is 1. The lowest BCUT2D eigenvalue weighted by Crippen LogP contribution is -2.47. The number of fused-ring (bicyclic) bond motifs is 1. The molecule has 0 aliphatic carbocycles. The fourth-order valence-electron chi connectivity index (χ4n) is 3.01. The molecule has 1 N–H and O–H groups in total. The molecule has 1 saturated heterocycles. The highest BCUT2D eigenvalue weighted by molar-refractivity contribution is 5.80. The number of nitro benzene ring substituents is 1. The van der Waals surface area contributed by atoms with Gasteiger partial charge in [0, 0.05) is 51.4 Å². The van der Waals surface area contributed by atoms with Gasteiger partial charge in [0.15, 0.2) is 0 Å². The maximum Gasteiger partial charge on any atom is 0.270 e. The second kappa shape index (κ2) is 8.23. The van der Waals surface area contributed by atoms with Gasteiger partial charge in [-0.3, -0.25) is 29.2 Å². The van der Waals surface area contributed by atoms with E-state index >= 15 is 0 Å². The summed E-state index contributed by atoms with van der Waals surface area (Å²) >= 11 is 0. The van der Waals surface area contributed by atoms with Crippen molar-refractivity contribution in [1.29, 1.82) is 0 Å². The average Bonchev–Trinajstić information content (AvgIpc) is 2.65. The third kappa shape index (κ3) is 4.66. The van der Waals surface area contributed by atoms with E-state index in [2.05, 4.69) is 27.1 Å². The van der Waals surface area contributed by atoms with Crippen LogP contribution < -0.4 is 10.9 Å². The summed E-state index contributed by atoms with van der Waals surface area (Å²) in [7, 11) is 2.09. The number of carbonyl (C=O) groups excluding carboxylic acids is 1. The molecule has 27 heavy (non-hydrogen) atoms. The topological polar surface area (TPSA) is 114 Å². The lowest BCUT2D eigenvalue weighted by molar-refractivity contribution is -0.384. The molecular weight excluding hydrogens is 352 g/mol. The Labute approximate surface area is 155 Å². The molecule has 1 aromatic heterocycles. The summed E-state index contributed by atoms with van der Waals surface area (Å²) in [5.41, 5.74) is -0.300. The van der Waals surface area contributed by atoms with Crippen LogP contribution in [-0.4, -0.2) is 76.5 Å². The summed E-state index contributed by atoms with van der Waals surface area (Å²) in [5.74, 6) is -0.294. The Morgan fingerprint density at radius 3 is 2.74 bits per heavy atom. The number of carbonyl (C=O) groups is 1. The molecule has 1 fully saturated rings. The number of non-ortho nitro benzene ring substituents is 1. The van der Waals surface area contributed by atoms with Crippen LogP contribution in [-0.2, 0) is 11.3 Å². The zero-order valence-corrected chi connectivity index (χ0v) is 15.1. The molecule has 2 aromatic rings. The van der Waals surface area contributed by atoms with Gasteiger partial charge in [-0.2, -0.15) is 0 Å². The van der Waals surface area contributed by atoms with Crippen LogP contribution in [0.1, 0.15) is 0 Å². The molecule has 0 saturated carbocycles. The van der Waals surface area contributed by atoms with Crippen LogP contribution in [0.4, 0.5) is 5.69 Å². The number of likely N-dealkylation sites (N-methyl/N-ethyl adjacent to an activating group) is 1. The van der Waals surface area contributed by atoms with Crippen molar-refractivity contribution in [2.24, 2.45) is 0 Å². The second-order valence-corrected chi connectivity index (χ2v) is 6.63. The highest BCUT2D eigenvalue weighted by Crippen LogP contribution is 2.16. The summed E-state index contributed by atoms with van der Waals surface area (Å²) in [6.45, 7) is 5.06. The third-order valence-corrected chi connectivity index (χ3v) is 4.68. The van der Waals surface area contributed by atoms with Gasteiger partial charge in [-0.05, 0) is 13.1 Å². The summed E-state index contributed by atoms with van der Waals surface area (Å²) < 4.78 is 1.16. The molecule has 10 heteroatoms. The Morgan fingerprint density at radius 1 is 1.30 bits per heavy atom. The lowest BCUT2D eigenvalue weighted by atomic mass is 10.2. The Morgan fingerprint density at radius 2 is 2.04 bits per heavy atom. The first-order valence-electron chi connectivity index (χ1n) is 8.75. The fourth-order valence-corrected chi connectivity index (χ4v) is 3.01. The van der Waals surface area contributed by atoms with E-state index in [1.54, 1.807) is 0 Å². The van der Waals surface area contributed by atoms with Crippen LogP contribution in [0.2, 0.25) is 0 Å². The van der Waals surface area contributed by atoms with Gasteiger partial charge in [0.1, 0.15) is 6.54 Å². The SMILES string of the molecule is CN1CCN(CCNC(=O)Cn2cnc3ccc([N+](=O)[O-])cc3c2=O)CC1. The van der Waals surface area contributed by atoms with Crippen molar-refractivity contribution in [2.45, 2.75) is 6.54 Å². The van der Waals surface area contributed by atoms with Crippen molar-refractivity contribution in [3.05, 3.63) is 45.0 Å². The number of nitrogens with zero attached hydrogens (tertiary/aromatic N) is 5. The number of piperazine rings is 1. The number of amides is 1. The number of nitrogens with one attached hydrogen (secondary N) is 1. The van der Waals surface area contributed by atoms with Crippen molar-refractivity contribution in [3.63, 3.8) is 0 Å². The molecule has 1 aromatic carbocycles. The minimum atomic E-state index is -0.568. The first-order valence-corrected chi connectivity index (χ1v) is 8.75. The zero-order chi connectivity index (χ0) is 19.4. The number of rotatable bonds is 6. The molecule has 144 valence electrons. The Bertz CT molecular complexity index is 904. The van der Waals surface area contributed by atoms with Gasteiger partial charge in [-0.25, -0.2) is 4.98 Å². The molecule has 1 aliphatic rings. The van der Waals surface area contributed by atoms with Gasteiger partial charge < -0.3 is 10.2 Å². The summed E-state index contributed by atoms with van der Waals surface area (Å²) in [6.07, 6.45) is 1.29. The summed E-state index contributed by atoms with van der Waals surface area (Å²) in [6, 6.07) is 3.91. The number of hydrogen-bond acceptors (Lipinski definition) is 7. The monoisotopic (exact) mass is 374 g/mol. The van der Waals surface area contributed by atoms with E-state index in [-0.39, 0.29) is 23.5 Å². The smallest absolute Gasteiger partial charge is 0.270 e. The number of aromatic nitrogens is 2. The second-order valence-electron chi connectivity index (χ2n) is 6.63. The van der Waals surface area contributed by atoms with Gasteiger partial charge in [0.05, 0.1) is 22.2 Å². The Kier molecular flexibility index (Phi) is 5.77. The van der Waals surface area contributed by atoms with Crippen LogP contribution in [0.5, 0.6) is 0 Å². The first-order chi connectivity index (χ1) is 12.9. The minimum Gasteiger partial charge on any atom is -0.353 e. The van der Waals surface area contributed by atoms with Crippen molar-refractivity contribution < 1.29 is 9.72 Å². The maximum absolute atomic E-state index is 12.5. The molecule has 1 amide bonds. The van der Waals surface area contributed by atoms with Crippen LogP contribution in [0.3, 0.4) is 0 Å². The van der Waals surface area contributed by atoms with Crippen LogP contribution in [0.25, 0.3) is 10.9 Å². The van der Waals surface area contributed by atoms with Gasteiger partial charge in [0.25, 0.3) is 11.2 Å². The van der Waals surface area contributed by atoms with Crippen LogP contribution >= 0.6 is 0 Å². The van der Waals surface area contributed by atoms with Crippen molar-refractivity contribution in [2.75, 3.05) is 46.3 Å². The van der Waals surface area contributed by atoms with Gasteiger partial charge in [0.2, 0.25) is 5.91 Å². The zero-order valence-electron chi connectivity index (χ0n) is 15.1. The van der Waals surface area contributed by atoms with E-state index in [4.69, 9.17) is 0 Å². The van der Waals surface area contributed by atoms with Gasteiger partial charge in [-0.15, -0.1) is 0 Å². The van der Waals surface area contributed by atoms with Crippen molar-refractivity contribution in [3.8, 4) is 0 Å².